The van der Waals surface area contributed by atoms with E-state index in [4.69, 9.17) is 4.62 Å². The fourth-order valence-corrected chi connectivity index (χ4v) is 4.53. The molecule has 0 amide bonds. The third-order valence-corrected chi connectivity index (χ3v) is 5.51. The maximum absolute atomic E-state index is 5.94. The molecule has 0 aromatic rings. The minimum atomic E-state index is -1.84. The molecule has 0 N–H and O–H groups in total. The molecule has 0 saturated carbocycles. The maximum atomic E-state index is 5.94. The Morgan fingerprint density at radius 1 is 0.643 bits per heavy atom. The largest absolute Gasteiger partial charge is 0.393 e. The van der Waals surface area contributed by atoms with Crippen molar-refractivity contribution in [3.8, 4) is 0 Å². The Morgan fingerprint density at radius 3 is 1.00 bits per heavy atom. The average molecular weight is 223 g/mol. The van der Waals surface area contributed by atoms with Gasteiger partial charge in [-0.3, -0.25) is 0 Å². The Labute approximate surface area is 88.7 Å². The predicted molar refractivity (Wildman–Crippen MR) is 62.8 cm³/mol. The molecule has 0 fully saturated rings. The highest BCUT2D eigenvalue weighted by Gasteiger charge is 2.52. The van der Waals surface area contributed by atoms with Gasteiger partial charge in [0.1, 0.15) is 0 Å². The Balaban J connectivity index is 4.95. The molecule has 0 heterocycles. The van der Waals surface area contributed by atoms with Gasteiger partial charge >= 0.3 is 7.94 Å². The van der Waals surface area contributed by atoms with Gasteiger partial charge in [0.15, 0.2) is 0 Å². The highest BCUT2D eigenvalue weighted by molar-refractivity contribution is 7.64. The van der Waals surface area contributed by atoms with Crippen molar-refractivity contribution in [3.63, 3.8) is 0 Å². The first-order valence-corrected chi connectivity index (χ1v) is 6.11. The van der Waals surface area contributed by atoms with E-state index in [9.17, 15) is 0 Å². The van der Waals surface area contributed by atoms with E-state index in [-0.39, 0.29) is 0 Å². The van der Waals surface area contributed by atoms with Crippen molar-refractivity contribution in [1.82, 2.24) is 19.1 Å². The minimum Gasteiger partial charge on any atom is -0.150 e. The summed E-state index contributed by atoms with van der Waals surface area (Å²) in [4.78, 5) is 0. The number of hydrogen-bond donors (Lipinski definition) is 0. The molecular formula is C8H24N4OP+. The Bertz CT molecular complexity index is 151. The second-order valence-electron chi connectivity index (χ2n) is 3.95. The van der Waals surface area contributed by atoms with Crippen LogP contribution in [0.3, 0.4) is 0 Å². The summed E-state index contributed by atoms with van der Waals surface area (Å²) in [6.07, 6.45) is 0. The lowest BCUT2D eigenvalue weighted by molar-refractivity contribution is -0.0219. The van der Waals surface area contributed by atoms with Crippen molar-refractivity contribution in [2.75, 3.05) is 56.4 Å². The van der Waals surface area contributed by atoms with Gasteiger partial charge in [-0.2, -0.15) is 5.06 Å². The van der Waals surface area contributed by atoms with Gasteiger partial charge in [-0.05, 0) is 0 Å². The first kappa shape index (κ1) is 14.2. The zero-order valence-corrected chi connectivity index (χ0v) is 11.5. The topological polar surface area (TPSA) is 22.2 Å². The van der Waals surface area contributed by atoms with Crippen LogP contribution in [-0.4, -0.2) is 75.5 Å². The van der Waals surface area contributed by atoms with Crippen LogP contribution in [0.15, 0.2) is 0 Å². The summed E-state index contributed by atoms with van der Waals surface area (Å²) in [5.74, 6) is 0. The van der Waals surface area contributed by atoms with Gasteiger partial charge in [-0.25, -0.2) is 0 Å². The van der Waals surface area contributed by atoms with E-state index >= 15 is 0 Å². The fourth-order valence-electron chi connectivity index (χ4n) is 1.51. The lowest BCUT2D eigenvalue weighted by Crippen LogP contribution is -2.39. The minimum absolute atomic E-state index is 1.76. The second kappa shape index (κ2) is 5.35. The fraction of sp³-hybridized carbons (Fsp3) is 1.00. The molecule has 0 spiro atoms. The monoisotopic (exact) mass is 223 g/mol. The summed E-state index contributed by atoms with van der Waals surface area (Å²) in [5.41, 5.74) is 0. The molecule has 0 aromatic heterocycles. The average Bonchev–Trinajstić information content (AvgIpc) is 1.97. The van der Waals surface area contributed by atoms with Gasteiger partial charge in [0.2, 0.25) is 0 Å². The number of rotatable bonds is 5. The van der Waals surface area contributed by atoms with Crippen LogP contribution in [0, 0.1) is 0 Å². The van der Waals surface area contributed by atoms with Crippen molar-refractivity contribution in [2.45, 2.75) is 0 Å². The molecule has 0 aliphatic carbocycles. The van der Waals surface area contributed by atoms with Crippen molar-refractivity contribution in [3.05, 3.63) is 0 Å². The summed E-state index contributed by atoms with van der Waals surface area (Å²) in [7, 11) is 14.2. The van der Waals surface area contributed by atoms with Crippen molar-refractivity contribution < 1.29 is 4.62 Å². The van der Waals surface area contributed by atoms with Gasteiger partial charge in [-0.1, -0.05) is 4.62 Å². The summed E-state index contributed by atoms with van der Waals surface area (Å²) < 4.78 is 12.3. The van der Waals surface area contributed by atoms with Gasteiger partial charge in [0.05, 0.1) is 0 Å². The van der Waals surface area contributed by atoms with Crippen LogP contribution in [0.25, 0.3) is 0 Å². The van der Waals surface area contributed by atoms with Crippen LogP contribution in [-0.2, 0) is 4.62 Å². The molecule has 14 heavy (non-hydrogen) atoms. The summed E-state index contributed by atoms with van der Waals surface area (Å²) in [6.45, 7) is 0. The van der Waals surface area contributed by atoms with Gasteiger partial charge in [-0.15, -0.1) is 14.0 Å². The van der Waals surface area contributed by atoms with Crippen LogP contribution in [0.2, 0.25) is 0 Å². The Morgan fingerprint density at radius 2 is 0.929 bits per heavy atom. The first-order chi connectivity index (χ1) is 6.25. The van der Waals surface area contributed by atoms with Crippen molar-refractivity contribution >= 4 is 7.94 Å². The predicted octanol–water partition coefficient (Wildman–Crippen LogP) is 0.842. The highest BCUT2D eigenvalue weighted by atomic mass is 31.2. The van der Waals surface area contributed by atoms with Gasteiger partial charge < -0.3 is 0 Å². The standard InChI is InChI=1S/C8H24N4OP/c1-9(2)13-14(10(3)4,11(5)6)12(7)8/h1-8H3/q+1. The molecule has 0 radical (unpaired) electrons. The van der Waals surface area contributed by atoms with E-state index in [1.165, 1.54) is 0 Å². The lowest BCUT2D eigenvalue weighted by atomic mass is 11.2. The number of nitrogens with zero attached hydrogens (tertiary/aromatic N) is 4. The molecule has 0 aromatic carbocycles. The Hall–Kier alpha value is 0.230. The molecule has 0 atom stereocenters. The van der Waals surface area contributed by atoms with E-state index in [0.29, 0.717) is 0 Å². The quantitative estimate of drug-likeness (QED) is 0.507. The number of hydroxylamine groups is 2. The maximum Gasteiger partial charge on any atom is 0.393 e. The molecule has 86 valence electrons. The smallest absolute Gasteiger partial charge is 0.150 e. The van der Waals surface area contributed by atoms with E-state index in [0.717, 1.165) is 0 Å². The van der Waals surface area contributed by atoms with E-state index in [2.05, 4.69) is 14.0 Å². The highest BCUT2D eigenvalue weighted by Crippen LogP contribution is 2.64. The van der Waals surface area contributed by atoms with Crippen LogP contribution in [0.1, 0.15) is 0 Å². The third-order valence-electron chi connectivity index (χ3n) is 1.84. The zero-order chi connectivity index (χ0) is 11.5. The van der Waals surface area contributed by atoms with Crippen LogP contribution in [0.4, 0.5) is 0 Å². The van der Waals surface area contributed by atoms with Crippen molar-refractivity contribution in [2.24, 2.45) is 0 Å². The Kier molecular flexibility index (Phi) is 5.44. The number of hydrogen-bond acceptors (Lipinski definition) is 5. The molecule has 0 aliphatic rings. The lowest BCUT2D eigenvalue weighted by Gasteiger charge is -2.37. The SMILES string of the molecule is CN(C)O[P+](N(C)C)(N(C)C)N(C)C. The van der Waals surface area contributed by atoms with Crippen molar-refractivity contribution in [1.29, 1.82) is 0 Å². The van der Waals surface area contributed by atoms with E-state index in [1.807, 2.05) is 56.4 Å². The van der Waals surface area contributed by atoms with E-state index in [1.54, 1.807) is 5.06 Å². The zero-order valence-electron chi connectivity index (χ0n) is 10.6. The second-order valence-corrected chi connectivity index (χ2v) is 7.54. The molecular weight excluding hydrogens is 199 g/mol. The molecule has 0 saturated heterocycles. The van der Waals surface area contributed by atoms with Crippen LogP contribution in [0.5, 0.6) is 0 Å². The third kappa shape index (κ3) is 2.86. The molecule has 0 bridgehead atoms. The molecule has 5 nitrogen and oxygen atoms in total. The molecule has 0 aliphatic heterocycles. The normalized spacial score (nSPS) is 13.7. The molecule has 0 unspecified atom stereocenters. The van der Waals surface area contributed by atoms with Crippen LogP contribution < -0.4 is 0 Å². The van der Waals surface area contributed by atoms with Gasteiger partial charge in [0, 0.05) is 56.4 Å². The van der Waals surface area contributed by atoms with Crippen LogP contribution >= 0.6 is 7.94 Å². The molecule has 6 heteroatoms. The summed E-state index contributed by atoms with van der Waals surface area (Å²) in [6, 6.07) is 0. The first-order valence-electron chi connectivity index (χ1n) is 4.54. The summed E-state index contributed by atoms with van der Waals surface area (Å²) >= 11 is 0. The van der Waals surface area contributed by atoms with Gasteiger partial charge in [0.25, 0.3) is 0 Å². The molecule has 0 rings (SSSR count). The van der Waals surface area contributed by atoms with E-state index < -0.39 is 7.94 Å². The summed E-state index contributed by atoms with van der Waals surface area (Å²) in [5, 5.41) is 1.76.